The third kappa shape index (κ3) is 9.87. The quantitative estimate of drug-likeness (QED) is 0.146. The number of amides is 2. The van der Waals surface area contributed by atoms with E-state index in [0.717, 1.165) is 87.5 Å². The maximum atomic E-state index is 12.6. The van der Waals surface area contributed by atoms with Gasteiger partial charge < -0.3 is 20.1 Å². The molecule has 267 valence electrons. The molecule has 0 aromatic heterocycles. The van der Waals surface area contributed by atoms with Gasteiger partial charge in [0.25, 0.3) is 0 Å². The molecule has 4 aliphatic carbocycles. The fourth-order valence-electron chi connectivity index (χ4n) is 10.7. The predicted octanol–water partition coefficient (Wildman–Crippen LogP) is 9.44. The van der Waals surface area contributed by atoms with Crippen molar-refractivity contribution in [3.05, 3.63) is 11.6 Å². The maximum Gasteiger partial charge on any atom is 0.407 e. The number of aliphatic hydroxyl groups is 1. The summed E-state index contributed by atoms with van der Waals surface area (Å²) in [6.45, 7) is 15.4. The summed E-state index contributed by atoms with van der Waals surface area (Å²) >= 11 is 0. The number of hydrogen-bond donors (Lipinski definition) is 2. The van der Waals surface area contributed by atoms with E-state index in [1.807, 2.05) is 18.7 Å². The van der Waals surface area contributed by atoms with Gasteiger partial charge in [-0.25, -0.2) is 4.79 Å². The van der Waals surface area contributed by atoms with Crippen LogP contribution in [0.4, 0.5) is 4.79 Å². The van der Waals surface area contributed by atoms with Crippen LogP contribution in [-0.2, 0) is 42.2 Å². The summed E-state index contributed by atoms with van der Waals surface area (Å²) in [5, 5.41) is 12.4. The number of aliphatic hydroxyl groups excluding tert-OH is 1. The second-order valence-electron chi connectivity index (χ2n) is 16.3. The fourth-order valence-corrected chi connectivity index (χ4v) is 10.7. The van der Waals surface area contributed by atoms with Gasteiger partial charge in [-0.15, -0.1) is 0 Å². The summed E-state index contributed by atoms with van der Waals surface area (Å²) in [7, 11) is 0. The number of carbonyl (C=O) groups excluding carboxylic acids is 2. The van der Waals surface area contributed by atoms with Crippen LogP contribution in [0.5, 0.6) is 0 Å². The maximum absolute atomic E-state index is 12.6. The number of nitrogens with one attached hydrogen (secondary N) is 1. The van der Waals surface area contributed by atoms with E-state index in [0.29, 0.717) is 18.4 Å². The minimum Gasteiger partial charge on any atom is -0.446 e. The Bertz CT molecular complexity index is 1020. The number of alkyl carbamates (subject to hydrolysis) is 1. The molecule has 1 radical (unpaired) electrons. The number of hydrogen-bond acceptors (Lipinski definition) is 4. The van der Waals surface area contributed by atoms with E-state index in [4.69, 9.17) is 4.74 Å². The molecule has 0 aromatic rings. The fraction of sp³-hybridized carbons (Fsp3) is 0.900. The SMILES string of the molecule is CC.CC(C)CCCCC1CCC2C3CC=C4CC(OC(=O)NCCCCCC(=O)N5CCCC5CO)CCC4(C)C3CCC12C.[Y]. The van der Waals surface area contributed by atoms with E-state index < -0.39 is 0 Å². The number of fused-ring (bicyclic) bond motifs is 5. The number of ether oxygens (including phenoxy) is 1. The second kappa shape index (κ2) is 19.2. The zero-order valence-corrected chi connectivity index (χ0v) is 34.0. The van der Waals surface area contributed by atoms with Crippen LogP contribution >= 0.6 is 0 Å². The Morgan fingerprint density at radius 2 is 1.79 bits per heavy atom. The number of likely N-dealkylation sites (tertiary alicyclic amines) is 1. The molecule has 8 unspecified atom stereocenters. The molecule has 1 saturated heterocycles. The Morgan fingerprint density at radius 1 is 1.00 bits per heavy atom. The van der Waals surface area contributed by atoms with E-state index in [1.165, 1.54) is 57.8 Å². The van der Waals surface area contributed by atoms with Crippen LogP contribution < -0.4 is 5.32 Å². The molecule has 6 nitrogen and oxygen atoms in total. The molecular weight excluding hydrogens is 661 g/mol. The summed E-state index contributed by atoms with van der Waals surface area (Å²) < 4.78 is 5.94. The van der Waals surface area contributed by atoms with Gasteiger partial charge in [-0.1, -0.05) is 78.9 Å². The minimum atomic E-state index is -0.286. The van der Waals surface area contributed by atoms with Gasteiger partial charge in [0, 0.05) is 58.6 Å². The Labute approximate surface area is 313 Å². The number of carbonyl (C=O) groups is 2. The first-order chi connectivity index (χ1) is 22.2. The molecule has 2 N–H and O–H groups in total. The van der Waals surface area contributed by atoms with Crippen molar-refractivity contribution in [2.45, 2.75) is 169 Å². The number of rotatable bonds is 13. The monoisotopic (exact) mass is 731 g/mol. The number of nitrogens with zero attached hydrogens (tertiary/aromatic N) is 1. The molecule has 2 amide bonds. The van der Waals surface area contributed by atoms with Gasteiger partial charge in [0.05, 0.1) is 12.6 Å². The standard InChI is InChI=1S/C38H64N2O4.C2H6.Y/c1-27(2)11-7-8-12-28-16-18-33-32-17-15-29-25-31(19-21-38(29,4)34(32)20-22-37(28,33)3)44-36(43)39-23-9-5-6-14-35(42)40-24-10-13-30(40)26-41;1-2;/h15,27-28,30-34,41H,5-14,16-26H2,1-4H3,(H,39,43);1-2H3;. The van der Waals surface area contributed by atoms with E-state index in [9.17, 15) is 14.7 Å². The summed E-state index contributed by atoms with van der Waals surface area (Å²) in [4.78, 5) is 26.9. The zero-order valence-electron chi connectivity index (χ0n) is 31.2. The van der Waals surface area contributed by atoms with E-state index >= 15 is 0 Å². The van der Waals surface area contributed by atoms with E-state index in [2.05, 4.69) is 39.1 Å². The van der Waals surface area contributed by atoms with Crippen molar-refractivity contribution in [2.75, 3.05) is 19.7 Å². The molecule has 8 atom stereocenters. The van der Waals surface area contributed by atoms with Crippen molar-refractivity contribution < 1.29 is 52.1 Å². The molecule has 3 saturated carbocycles. The number of unbranched alkanes of at least 4 members (excludes halogenated alkanes) is 3. The van der Waals surface area contributed by atoms with E-state index in [1.54, 1.807) is 5.57 Å². The second-order valence-corrected chi connectivity index (χ2v) is 16.3. The smallest absolute Gasteiger partial charge is 0.407 e. The first-order valence-corrected chi connectivity index (χ1v) is 19.7. The van der Waals surface area contributed by atoms with Crippen molar-refractivity contribution in [3.63, 3.8) is 0 Å². The predicted molar refractivity (Wildman–Crippen MR) is 188 cm³/mol. The van der Waals surface area contributed by atoms with Crippen LogP contribution in [0.3, 0.4) is 0 Å². The van der Waals surface area contributed by atoms with Gasteiger partial charge in [-0.3, -0.25) is 4.79 Å². The summed E-state index contributed by atoms with van der Waals surface area (Å²) in [5.41, 5.74) is 2.39. The Hall–Kier alpha value is -0.456. The van der Waals surface area contributed by atoms with Crippen molar-refractivity contribution in [3.8, 4) is 0 Å². The largest absolute Gasteiger partial charge is 0.446 e. The van der Waals surface area contributed by atoms with Crippen molar-refractivity contribution >= 4 is 12.0 Å². The van der Waals surface area contributed by atoms with Gasteiger partial charge >= 0.3 is 6.09 Å². The first-order valence-electron chi connectivity index (χ1n) is 19.7. The molecule has 0 spiro atoms. The molecule has 47 heavy (non-hydrogen) atoms. The van der Waals surface area contributed by atoms with Crippen molar-refractivity contribution in [1.29, 1.82) is 0 Å². The Morgan fingerprint density at radius 3 is 2.53 bits per heavy atom. The van der Waals surface area contributed by atoms with Crippen molar-refractivity contribution in [1.82, 2.24) is 10.2 Å². The first kappa shape index (κ1) is 41.0. The molecule has 1 heterocycles. The van der Waals surface area contributed by atoms with Crippen LogP contribution in [0.1, 0.15) is 157 Å². The Balaban J connectivity index is 0.00000196. The molecule has 5 rings (SSSR count). The van der Waals surface area contributed by atoms with Crippen LogP contribution in [0.2, 0.25) is 0 Å². The van der Waals surface area contributed by atoms with Crippen molar-refractivity contribution in [2.24, 2.45) is 40.4 Å². The third-order valence-corrected chi connectivity index (χ3v) is 13.4. The molecule has 7 heteroatoms. The Kier molecular flexibility index (Phi) is 16.8. The average Bonchev–Trinajstić information content (AvgIpc) is 3.66. The third-order valence-electron chi connectivity index (χ3n) is 13.4. The van der Waals surface area contributed by atoms with Gasteiger partial charge in [0.15, 0.2) is 0 Å². The van der Waals surface area contributed by atoms with Gasteiger partial charge in [0.1, 0.15) is 6.10 Å². The van der Waals surface area contributed by atoms with Gasteiger partial charge in [-0.05, 0) is 117 Å². The van der Waals surface area contributed by atoms with Crippen LogP contribution in [0, 0.1) is 40.4 Å². The minimum absolute atomic E-state index is 0. The molecular formula is C40H70N2O4Y. The number of allylic oxidation sites excluding steroid dienone is 1. The normalized spacial score (nSPS) is 34.2. The van der Waals surface area contributed by atoms with Crippen LogP contribution in [0.15, 0.2) is 11.6 Å². The molecule has 5 aliphatic rings. The summed E-state index contributed by atoms with van der Waals surface area (Å²) in [5.74, 6) is 4.44. The summed E-state index contributed by atoms with van der Waals surface area (Å²) in [6.07, 6.45) is 22.9. The van der Waals surface area contributed by atoms with Gasteiger partial charge in [0.2, 0.25) is 5.91 Å². The van der Waals surface area contributed by atoms with E-state index in [-0.39, 0.29) is 68.9 Å². The van der Waals surface area contributed by atoms with Crippen LogP contribution in [0.25, 0.3) is 0 Å². The zero-order chi connectivity index (χ0) is 33.3. The summed E-state index contributed by atoms with van der Waals surface area (Å²) in [6, 6.07) is 0.00931. The molecule has 4 fully saturated rings. The molecule has 0 bridgehead atoms. The van der Waals surface area contributed by atoms with Gasteiger partial charge in [-0.2, -0.15) is 0 Å². The molecule has 1 aliphatic heterocycles. The topological polar surface area (TPSA) is 78.9 Å². The average molecular weight is 732 g/mol. The molecule has 0 aromatic carbocycles. The van der Waals surface area contributed by atoms with Crippen LogP contribution in [-0.4, -0.2) is 53.8 Å².